The molecule has 27 heavy (non-hydrogen) atoms. The van der Waals surface area contributed by atoms with Gasteiger partial charge in [0.25, 0.3) is 5.69 Å². The number of nitrogens with one attached hydrogen (secondary N) is 1. The number of pyridine rings is 1. The van der Waals surface area contributed by atoms with Crippen molar-refractivity contribution in [3.05, 3.63) is 88.6 Å². The Kier molecular flexibility index (Phi) is 6.01. The molecule has 0 atom stereocenters. The van der Waals surface area contributed by atoms with Gasteiger partial charge in [0.2, 0.25) is 0 Å². The van der Waals surface area contributed by atoms with E-state index >= 15 is 0 Å². The van der Waals surface area contributed by atoms with Gasteiger partial charge in [-0.25, -0.2) is 9.78 Å². The lowest BCUT2D eigenvalue weighted by atomic mass is 10.2. The summed E-state index contributed by atoms with van der Waals surface area (Å²) in [7, 11) is 0. The van der Waals surface area contributed by atoms with Crippen molar-refractivity contribution in [1.29, 1.82) is 0 Å². The summed E-state index contributed by atoms with van der Waals surface area (Å²) >= 11 is 1.26. The zero-order chi connectivity index (χ0) is 19.1. The molecule has 0 unspecified atom stereocenters. The fourth-order valence-electron chi connectivity index (χ4n) is 2.23. The smallest absolute Gasteiger partial charge is 0.411 e. The number of carbonyl (C=O) groups is 1. The maximum Gasteiger partial charge on any atom is 0.411 e. The highest BCUT2D eigenvalue weighted by Crippen LogP contribution is 2.32. The maximum absolute atomic E-state index is 12.0. The van der Waals surface area contributed by atoms with E-state index in [4.69, 9.17) is 4.74 Å². The SMILES string of the molecule is O=C(Nc1cc(Sc2ccccn2)cc([N+](=O)[O-])c1)OCc1ccccc1. The average Bonchev–Trinajstić information content (AvgIpc) is 2.68. The van der Waals surface area contributed by atoms with Gasteiger partial charge >= 0.3 is 6.09 Å². The Morgan fingerprint density at radius 1 is 1.11 bits per heavy atom. The third-order valence-corrected chi connectivity index (χ3v) is 4.34. The van der Waals surface area contributed by atoms with Gasteiger partial charge in [0.15, 0.2) is 0 Å². The Morgan fingerprint density at radius 2 is 1.89 bits per heavy atom. The number of nitrogens with zero attached hydrogens (tertiary/aromatic N) is 2. The Bertz CT molecular complexity index is 936. The lowest BCUT2D eigenvalue weighted by molar-refractivity contribution is -0.385. The minimum atomic E-state index is -0.687. The first kappa shape index (κ1) is 18.4. The van der Waals surface area contributed by atoms with Crippen LogP contribution in [0, 0.1) is 10.1 Å². The maximum atomic E-state index is 12.0. The van der Waals surface area contributed by atoms with Gasteiger partial charge in [0.05, 0.1) is 10.6 Å². The first-order valence-electron chi connectivity index (χ1n) is 7.96. The number of rotatable bonds is 6. The van der Waals surface area contributed by atoms with Crippen molar-refractivity contribution in [1.82, 2.24) is 4.98 Å². The summed E-state index contributed by atoms with van der Waals surface area (Å²) in [5, 5.41) is 14.4. The molecule has 0 radical (unpaired) electrons. The van der Waals surface area contributed by atoms with Crippen LogP contribution in [0.4, 0.5) is 16.2 Å². The van der Waals surface area contributed by atoms with Crippen molar-refractivity contribution in [3.63, 3.8) is 0 Å². The largest absolute Gasteiger partial charge is 0.444 e. The van der Waals surface area contributed by atoms with Crippen molar-refractivity contribution in [3.8, 4) is 0 Å². The molecule has 0 fully saturated rings. The van der Waals surface area contributed by atoms with E-state index < -0.39 is 11.0 Å². The zero-order valence-electron chi connectivity index (χ0n) is 14.1. The van der Waals surface area contributed by atoms with E-state index in [-0.39, 0.29) is 18.0 Å². The van der Waals surface area contributed by atoms with Crippen LogP contribution in [0.25, 0.3) is 0 Å². The summed E-state index contributed by atoms with van der Waals surface area (Å²) in [6.07, 6.45) is 0.952. The van der Waals surface area contributed by atoms with Gasteiger partial charge in [0, 0.05) is 23.2 Å². The molecule has 0 bridgehead atoms. The molecule has 0 aliphatic carbocycles. The van der Waals surface area contributed by atoms with E-state index in [1.165, 1.54) is 23.9 Å². The van der Waals surface area contributed by atoms with Crippen LogP contribution in [0.5, 0.6) is 0 Å². The van der Waals surface area contributed by atoms with Crippen molar-refractivity contribution >= 4 is 29.2 Å². The number of anilines is 1. The number of hydrogen-bond acceptors (Lipinski definition) is 6. The highest BCUT2D eigenvalue weighted by atomic mass is 32.2. The number of amides is 1. The molecule has 136 valence electrons. The van der Waals surface area contributed by atoms with E-state index in [1.54, 1.807) is 24.4 Å². The third kappa shape index (κ3) is 5.55. The number of aromatic nitrogens is 1. The first-order valence-corrected chi connectivity index (χ1v) is 8.78. The normalized spacial score (nSPS) is 10.2. The van der Waals surface area contributed by atoms with Gasteiger partial charge in [-0.1, -0.05) is 48.2 Å². The highest BCUT2D eigenvalue weighted by Gasteiger charge is 2.13. The second-order valence-electron chi connectivity index (χ2n) is 5.43. The van der Waals surface area contributed by atoms with Crippen LogP contribution in [0.15, 0.2) is 82.8 Å². The molecule has 1 heterocycles. The minimum absolute atomic E-state index is 0.108. The summed E-state index contributed by atoms with van der Waals surface area (Å²) in [5.74, 6) is 0. The summed E-state index contributed by atoms with van der Waals surface area (Å²) in [6, 6.07) is 19.0. The van der Waals surface area contributed by atoms with Crippen LogP contribution in [0.3, 0.4) is 0 Å². The van der Waals surface area contributed by atoms with Crippen LogP contribution >= 0.6 is 11.8 Å². The molecule has 1 N–H and O–H groups in total. The van der Waals surface area contributed by atoms with E-state index in [0.717, 1.165) is 5.56 Å². The number of benzene rings is 2. The molecule has 3 aromatic rings. The topological polar surface area (TPSA) is 94.4 Å². The van der Waals surface area contributed by atoms with Crippen molar-refractivity contribution in [2.45, 2.75) is 16.5 Å². The second-order valence-corrected chi connectivity index (χ2v) is 6.52. The van der Waals surface area contributed by atoms with Crippen molar-refractivity contribution in [2.75, 3.05) is 5.32 Å². The number of nitro groups is 1. The van der Waals surface area contributed by atoms with E-state index in [9.17, 15) is 14.9 Å². The lowest BCUT2D eigenvalue weighted by Gasteiger charge is -2.09. The van der Waals surface area contributed by atoms with Gasteiger partial charge in [-0.15, -0.1) is 0 Å². The second kappa shape index (κ2) is 8.81. The number of ether oxygens (including phenoxy) is 1. The summed E-state index contributed by atoms with van der Waals surface area (Å²) in [5.41, 5.74) is 0.994. The molecular weight excluding hydrogens is 366 g/mol. The molecule has 3 rings (SSSR count). The van der Waals surface area contributed by atoms with Crippen LogP contribution in [0.1, 0.15) is 5.56 Å². The molecule has 8 heteroatoms. The summed E-state index contributed by atoms with van der Waals surface area (Å²) in [4.78, 5) is 27.5. The summed E-state index contributed by atoms with van der Waals surface area (Å²) in [6.45, 7) is 0.108. The molecule has 7 nitrogen and oxygen atoms in total. The van der Waals surface area contributed by atoms with E-state index in [2.05, 4.69) is 10.3 Å². The van der Waals surface area contributed by atoms with Crippen LogP contribution in [-0.4, -0.2) is 16.0 Å². The molecule has 1 amide bonds. The lowest BCUT2D eigenvalue weighted by Crippen LogP contribution is -2.13. The monoisotopic (exact) mass is 381 g/mol. The molecule has 0 spiro atoms. The fourth-order valence-corrected chi connectivity index (χ4v) is 3.09. The molecule has 2 aromatic carbocycles. The van der Waals surface area contributed by atoms with Gasteiger partial charge < -0.3 is 4.74 Å². The molecule has 0 saturated heterocycles. The van der Waals surface area contributed by atoms with Crippen LogP contribution in [0.2, 0.25) is 0 Å². The zero-order valence-corrected chi connectivity index (χ0v) is 14.9. The molecule has 1 aromatic heterocycles. The average molecular weight is 381 g/mol. The third-order valence-electron chi connectivity index (χ3n) is 3.42. The molecule has 0 aliphatic rings. The van der Waals surface area contributed by atoms with Gasteiger partial charge in [0.1, 0.15) is 11.6 Å². The highest BCUT2D eigenvalue weighted by molar-refractivity contribution is 7.99. The Morgan fingerprint density at radius 3 is 2.59 bits per heavy atom. The number of hydrogen-bond donors (Lipinski definition) is 1. The van der Waals surface area contributed by atoms with Gasteiger partial charge in [-0.05, 0) is 23.8 Å². The van der Waals surface area contributed by atoms with Crippen molar-refractivity contribution in [2.24, 2.45) is 0 Å². The quantitative estimate of drug-likeness (QED) is 0.482. The number of nitro benzene ring substituents is 1. The molecule has 0 saturated carbocycles. The minimum Gasteiger partial charge on any atom is -0.444 e. The van der Waals surface area contributed by atoms with Gasteiger partial charge in [-0.3, -0.25) is 15.4 Å². The standard InChI is InChI=1S/C19H15N3O4S/c23-19(26-13-14-6-2-1-3-7-14)21-15-10-16(22(24)25)12-17(11-15)27-18-8-4-5-9-20-18/h1-12H,13H2,(H,21,23). The molecular formula is C19H15N3O4S. The Labute approximate surface area is 159 Å². The van der Waals surface area contributed by atoms with E-state index in [0.29, 0.717) is 9.92 Å². The number of non-ortho nitro benzene ring substituents is 1. The molecule has 0 aliphatic heterocycles. The summed E-state index contributed by atoms with van der Waals surface area (Å²) < 4.78 is 5.15. The Balaban J connectivity index is 1.71. The fraction of sp³-hybridized carbons (Fsp3) is 0.0526. The van der Waals surface area contributed by atoms with Gasteiger partial charge in [-0.2, -0.15) is 0 Å². The van der Waals surface area contributed by atoms with E-state index in [1.807, 2.05) is 36.4 Å². The predicted molar refractivity (Wildman–Crippen MR) is 102 cm³/mol. The number of carbonyl (C=O) groups excluding carboxylic acids is 1. The van der Waals surface area contributed by atoms with Crippen molar-refractivity contribution < 1.29 is 14.5 Å². The Hall–Kier alpha value is -3.39. The first-order chi connectivity index (χ1) is 13.1. The van der Waals surface area contributed by atoms with Crippen LogP contribution in [-0.2, 0) is 11.3 Å². The van der Waals surface area contributed by atoms with Crippen LogP contribution < -0.4 is 5.32 Å². The predicted octanol–water partition coefficient (Wildman–Crippen LogP) is 4.89.